The van der Waals surface area contributed by atoms with Crippen molar-refractivity contribution in [2.45, 2.75) is 124 Å². The number of para-hydroxylation sites is 2. The van der Waals surface area contributed by atoms with Gasteiger partial charge in [0.05, 0.1) is 17.4 Å². The zero-order chi connectivity index (χ0) is 31.3. The van der Waals surface area contributed by atoms with Gasteiger partial charge in [-0.05, 0) is 94.1 Å². The summed E-state index contributed by atoms with van der Waals surface area (Å²) in [6, 6.07) is 17.2. The highest BCUT2D eigenvalue weighted by Crippen LogP contribution is 2.55. The van der Waals surface area contributed by atoms with Crippen molar-refractivity contribution in [3.63, 3.8) is 0 Å². The van der Waals surface area contributed by atoms with Gasteiger partial charge in [-0.1, -0.05) is 96.7 Å². The third-order valence-corrected chi connectivity index (χ3v) is 9.98. The first-order valence-corrected chi connectivity index (χ1v) is 16.9. The van der Waals surface area contributed by atoms with E-state index in [-0.39, 0.29) is 16.8 Å². The predicted molar refractivity (Wildman–Crippen MR) is 181 cm³/mol. The van der Waals surface area contributed by atoms with Crippen LogP contribution in [0.2, 0.25) is 0 Å². The Kier molecular flexibility index (Phi) is 10.4. The number of ether oxygens (including phenoxy) is 2. The summed E-state index contributed by atoms with van der Waals surface area (Å²) in [7, 11) is 0. The molecule has 2 aliphatic heterocycles. The SMILES string of the molecule is CCCCOC(=O)C(C)(CC)CC(CCCCCN1c2ccccc2C(C)(C)C12C=Cc1ccccc1O2)CC(C)(C)C. The first-order chi connectivity index (χ1) is 20.4. The second kappa shape index (κ2) is 13.5. The fourth-order valence-electron chi connectivity index (χ4n) is 7.34. The Bertz CT molecular complexity index is 1260. The molecule has 2 aliphatic rings. The third kappa shape index (κ3) is 7.15. The van der Waals surface area contributed by atoms with Crippen molar-refractivity contribution in [1.82, 2.24) is 0 Å². The van der Waals surface area contributed by atoms with Gasteiger partial charge in [0.25, 0.3) is 0 Å². The average molecular weight is 588 g/mol. The summed E-state index contributed by atoms with van der Waals surface area (Å²) in [6.45, 7) is 19.5. The molecule has 4 rings (SSSR count). The maximum absolute atomic E-state index is 13.1. The third-order valence-electron chi connectivity index (χ3n) is 9.98. The standard InChI is InChI=1S/C39H57NO3/c1-9-11-27-42-35(41)38(8,10-2)29-30(28-36(3,4)5)19-13-12-18-26-40-33-22-16-15-21-32(33)37(6,7)39(40)25-24-31-20-14-17-23-34(31)43-39/h14-17,20-25,30H,9-13,18-19,26-29H2,1-8H3. The van der Waals surface area contributed by atoms with Crippen LogP contribution in [0.15, 0.2) is 54.6 Å². The summed E-state index contributed by atoms with van der Waals surface area (Å²) in [5.41, 5.74) is 2.81. The molecule has 4 heteroatoms. The lowest BCUT2D eigenvalue weighted by Crippen LogP contribution is -2.59. The summed E-state index contributed by atoms with van der Waals surface area (Å²) in [6.07, 6.45) is 13.9. The van der Waals surface area contributed by atoms with E-state index in [9.17, 15) is 4.79 Å². The number of hydrogen-bond donors (Lipinski definition) is 0. The number of nitrogens with zero attached hydrogens (tertiary/aromatic N) is 1. The lowest BCUT2D eigenvalue weighted by atomic mass is 9.72. The molecule has 0 saturated heterocycles. The lowest BCUT2D eigenvalue weighted by Gasteiger charge is -2.47. The van der Waals surface area contributed by atoms with E-state index >= 15 is 0 Å². The fraction of sp³-hybridized carbons (Fsp3) is 0.615. The quantitative estimate of drug-likeness (QED) is 0.163. The molecule has 4 nitrogen and oxygen atoms in total. The van der Waals surface area contributed by atoms with Crippen molar-refractivity contribution in [2.75, 3.05) is 18.1 Å². The molecule has 236 valence electrons. The molecule has 2 aromatic rings. The summed E-state index contributed by atoms with van der Waals surface area (Å²) < 4.78 is 12.7. The Balaban J connectivity index is 1.43. The Morgan fingerprint density at radius 1 is 0.930 bits per heavy atom. The predicted octanol–water partition coefficient (Wildman–Crippen LogP) is 10.3. The smallest absolute Gasteiger partial charge is 0.311 e. The molecule has 0 amide bonds. The van der Waals surface area contributed by atoms with Gasteiger partial charge in [0.2, 0.25) is 5.72 Å². The molecule has 0 aromatic heterocycles. The van der Waals surface area contributed by atoms with Crippen LogP contribution in [-0.4, -0.2) is 24.8 Å². The molecule has 0 saturated carbocycles. The highest BCUT2D eigenvalue weighted by Gasteiger charge is 2.58. The molecule has 1 spiro atoms. The van der Waals surface area contributed by atoms with Crippen molar-refractivity contribution in [3.8, 4) is 5.75 Å². The highest BCUT2D eigenvalue weighted by atomic mass is 16.5. The molecular formula is C39H57NO3. The van der Waals surface area contributed by atoms with Gasteiger partial charge < -0.3 is 14.4 Å². The van der Waals surface area contributed by atoms with E-state index in [1.54, 1.807) is 0 Å². The van der Waals surface area contributed by atoms with E-state index in [0.717, 1.165) is 75.6 Å². The Morgan fingerprint density at radius 2 is 1.65 bits per heavy atom. The average Bonchev–Trinajstić information content (AvgIpc) is 3.14. The zero-order valence-corrected chi connectivity index (χ0v) is 28.3. The van der Waals surface area contributed by atoms with E-state index in [1.807, 2.05) is 0 Å². The number of hydrogen-bond acceptors (Lipinski definition) is 4. The van der Waals surface area contributed by atoms with Gasteiger partial charge in [0.15, 0.2) is 0 Å². The number of carbonyl (C=O) groups excluding carboxylic acids is 1. The monoisotopic (exact) mass is 587 g/mol. The van der Waals surface area contributed by atoms with Crippen molar-refractivity contribution >= 4 is 17.7 Å². The van der Waals surface area contributed by atoms with Crippen molar-refractivity contribution in [1.29, 1.82) is 0 Å². The highest BCUT2D eigenvalue weighted by molar-refractivity contribution is 5.76. The van der Waals surface area contributed by atoms with Crippen LogP contribution in [0.5, 0.6) is 5.75 Å². The number of benzene rings is 2. The van der Waals surface area contributed by atoms with E-state index in [1.165, 1.54) is 11.3 Å². The fourth-order valence-corrected chi connectivity index (χ4v) is 7.34. The van der Waals surface area contributed by atoms with Gasteiger partial charge in [-0.25, -0.2) is 0 Å². The lowest BCUT2D eigenvalue weighted by molar-refractivity contribution is -0.156. The van der Waals surface area contributed by atoms with Crippen molar-refractivity contribution in [3.05, 3.63) is 65.7 Å². The first kappa shape index (κ1) is 33.1. The van der Waals surface area contributed by atoms with Gasteiger partial charge in [-0.15, -0.1) is 0 Å². The second-order valence-corrected chi connectivity index (χ2v) is 15.1. The molecule has 0 aliphatic carbocycles. The number of anilines is 1. The molecule has 43 heavy (non-hydrogen) atoms. The van der Waals surface area contributed by atoms with Crippen LogP contribution >= 0.6 is 0 Å². The summed E-state index contributed by atoms with van der Waals surface area (Å²) >= 11 is 0. The van der Waals surface area contributed by atoms with E-state index in [0.29, 0.717) is 12.5 Å². The Labute approximate surface area is 262 Å². The van der Waals surface area contributed by atoms with Gasteiger partial charge in [-0.2, -0.15) is 0 Å². The number of unbranched alkanes of at least 4 members (excludes halogenated alkanes) is 3. The topological polar surface area (TPSA) is 38.8 Å². The molecule has 3 atom stereocenters. The number of esters is 1. The van der Waals surface area contributed by atoms with Crippen molar-refractivity contribution in [2.24, 2.45) is 16.7 Å². The van der Waals surface area contributed by atoms with Crippen LogP contribution in [0, 0.1) is 16.7 Å². The normalized spacial score (nSPS) is 20.7. The van der Waals surface area contributed by atoms with Crippen LogP contribution in [0.25, 0.3) is 6.08 Å². The van der Waals surface area contributed by atoms with Crippen LogP contribution in [-0.2, 0) is 14.9 Å². The van der Waals surface area contributed by atoms with Gasteiger partial charge >= 0.3 is 5.97 Å². The first-order valence-electron chi connectivity index (χ1n) is 16.9. The maximum Gasteiger partial charge on any atom is 0.311 e. The van der Waals surface area contributed by atoms with E-state index in [4.69, 9.17) is 9.47 Å². The molecule has 2 aromatic carbocycles. The van der Waals surface area contributed by atoms with E-state index in [2.05, 4.69) is 121 Å². The number of rotatable bonds is 14. The minimum atomic E-state index is -0.555. The molecule has 0 bridgehead atoms. The van der Waals surface area contributed by atoms with Gasteiger partial charge in [0, 0.05) is 17.8 Å². The zero-order valence-electron chi connectivity index (χ0n) is 28.3. The Morgan fingerprint density at radius 3 is 2.37 bits per heavy atom. The van der Waals surface area contributed by atoms with Gasteiger partial charge in [0.1, 0.15) is 5.75 Å². The minimum Gasteiger partial charge on any atom is -0.465 e. The van der Waals surface area contributed by atoms with Gasteiger partial charge in [-0.3, -0.25) is 4.79 Å². The maximum atomic E-state index is 13.1. The Hall–Kier alpha value is -2.75. The largest absolute Gasteiger partial charge is 0.465 e. The molecule has 3 unspecified atom stereocenters. The number of carbonyl (C=O) groups is 1. The van der Waals surface area contributed by atoms with Crippen LogP contribution < -0.4 is 9.64 Å². The summed E-state index contributed by atoms with van der Waals surface area (Å²) in [5.74, 6) is 1.45. The minimum absolute atomic E-state index is 0.00918. The van der Waals surface area contributed by atoms with Crippen molar-refractivity contribution < 1.29 is 14.3 Å². The molecule has 0 N–H and O–H groups in total. The van der Waals surface area contributed by atoms with Crippen LogP contribution in [0.3, 0.4) is 0 Å². The number of fused-ring (bicyclic) bond motifs is 2. The second-order valence-electron chi connectivity index (χ2n) is 15.1. The summed E-state index contributed by atoms with van der Waals surface area (Å²) in [5, 5.41) is 0. The molecule has 0 fully saturated rings. The van der Waals surface area contributed by atoms with Crippen LogP contribution in [0.1, 0.15) is 124 Å². The van der Waals surface area contributed by atoms with Crippen LogP contribution in [0.4, 0.5) is 5.69 Å². The van der Waals surface area contributed by atoms with E-state index < -0.39 is 11.1 Å². The summed E-state index contributed by atoms with van der Waals surface area (Å²) in [4.78, 5) is 15.6. The molecule has 0 radical (unpaired) electrons. The molecular weight excluding hydrogens is 530 g/mol. The molecule has 2 heterocycles.